The molecule has 18 heavy (non-hydrogen) atoms. The fraction of sp³-hybridized carbons (Fsp3) is 0.571. The van der Waals surface area contributed by atoms with Gasteiger partial charge in [-0.2, -0.15) is 0 Å². The maximum absolute atomic E-state index is 9.30. The Labute approximate surface area is 108 Å². The summed E-state index contributed by atoms with van der Waals surface area (Å²) in [5.74, 6) is 0. The number of morpholine rings is 1. The van der Waals surface area contributed by atoms with E-state index in [0.717, 1.165) is 24.3 Å². The van der Waals surface area contributed by atoms with E-state index in [9.17, 15) is 5.11 Å². The van der Waals surface area contributed by atoms with Crippen LogP contribution in [0.1, 0.15) is 19.4 Å². The zero-order chi connectivity index (χ0) is 13.2. The number of hydrogen-bond donors (Lipinski definition) is 2. The van der Waals surface area contributed by atoms with Gasteiger partial charge in [-0.1, -0.05) is 12.1 Å². The highest BCUT2D eigenvalue weighted by molar-refractivity contribution is 5.48. The fourth-order valence-electron chi connectivity index (χ4n) is 2.43. The van der Waals surface area contributed by atoms with Gasteiger partial charge in [0.15, 0.2) is 0 Å². The summed E-state index contributed by atoms with van der Waals surface area (Å²) in [7, 11) is 0. The van der Waals surface area contributed by atoms with E-state index in [-0.39, 0.29) is 18.3 Å². The number of hydrogen-bond acceptors (Lipinski definition) is 4. The molecule has 0 aliphatic carbocycles. The summed E-state index contributed by atoms with van der Waals surface area (Å²) in [6, 6.07) is 8.26. The molecule has 3 N–H and O–H groups in total. The summed E-state index contributed by atoms with van der Waals surface area (Å²) < 4.78 is 5.81. The van der Waals surface area contributed by atoms with Crippen molar-refractivity contribution in [2.24, 2.45) is 5.73 Å². The van der Waals surface area contributed by atoms with Gasteiger partial charge < -0.3 is 20.5 Å². The molecule has 0 bridgehead atoms. The van der Waals surface area contributed by atoms with Crippen LogP contribution in [-0.2, 0) is 11.3 Å². The lowest BCUT2D eigenvalue weighted by Crippen LogP contribution is -2.54. The lowest BCUT2D eigenvalue weighted by Gasteiger charge is -2.43. The van der Waals surface area contributed by atoms with Crippen LogP contribution >= 0.6 is 0 Å². The second-order valence-electron chi connectivity index (χ2n) is 5.43. The van der Waals surface area contributed by atoms with Gasteiger partial charge in [0, 0.05) is 25.3 Å². The molecule has 1 aromatic carbocycles. The summed E-state index contributed by atoms with van der Waals surface area (Å²) in [5.41, 5.74) is 7.64. The van der Waals surface area contributed by atoms with Gasteiger partial charge in [0.1, 0.15) is 0 Å². The molecule has 0 saturated carbocycles. The first-order chi connectivity index (χ1) is 8.54. The van der Waals surface area contributed by atoms with Crippen LogP contribution in [0, 0.1) is 0 Å². The van der Waals surface area contributed by atoms with Crippen LogP contribution in [-0.4, -0.2) is 36.5 Å². The molecular formula is C14H22N2O2. The number of aliphatic hydroxyl groups is 1. The average Bonchev–Trinajstić information content (AvgIpc) is 2.37. The van der Waals surface area contributed by atoms with Crippen molar-refractivity contribution >= 4 is 5.69 Å². The number of anilines is 1. The number of aliphatic hydroxyl groups excluding tert-OH is 1. The van der Waals surface area contributed by atoms with Crippen molar-refractivity contribution in [3.8, 4) is 0 Å². The molecule has 1 heterocycles. The van der Waals surface area contributed by atoms with Crippen molar-refractivity contribution in [1.29, 1.82) is 0 Å². The Balaban J connectivity index is 2.15. The van der Waals surface area contributed by atoms with E-state index in [2.05, 4.69) is 30.9 Å². The highest BCUT2D eigenvalue weighted by Crippen LogP contribution is 2.26. The Morgan fingerprint density at radius 1 is 1.39 bits per heavy atom. The molecule has 1 unspecified atom stereocenters. The van der Waals surface area contributed by atoms with Gasteiger partial charge in [-0.15, -0.1) is 0 Å². The molecular weight excluding hydrogens is 228 g/mol. The number of ether oxygens (including phenoxy) is 1. The Hall–Kier alpha value is -1.10. The van der Waals surface area contributed by atoms with Gasteiger partial charge in [-0.3, -0.25) is 0 Å². The molecule has 0 spiro atoms. The number of benzene rings is 1. The Morgan fingerprint density at radius 3 is 2.61 bits per heavy atom. The molecule has 4 heteroatoms. The van der Waals surface area contributed by atoms with Gasteiger partial charge in [0.05, 0.1) is 18.3 Å². The quantitative estimate of drug-likeness (QED) is 0.844. The highest BCUT2D eigenvalue weighted by Gasteiger charge is 2.33. The molecule has 0 amide bonds. The predicted molar refractivity (Wildman–Crippen MR) is 72.6 cm³/mol. The van der Waals surface area contributed by atoms with E-state index in [1.165, 1.54) is 0 Å². The third-order valence-corrected chi connectivity index (χ3v) is 3.22. The molecule has 0 radical (unpaired) electrons. The van der Waals surface area contributed by atoms with E-state index in [4.69, 9.17) is 10.5 Å². The van der Waals surface area contributed by atoms with Crippen LogP contribution in [0.25, 0.3) is 0 Å². The Bertz CT molecular complexity index is 389. The highest BCUT2D eigenvalue weighted by atomic mass is 16.5. The summed E-state index contributed by atoms with van der Waals surface area (Å²) in [6.45, 7) is 6.27. The molecule has 100 valence electrons. The van der Waals surface area contributed by atoms with Crippen LogP contribution in [0.5, 0.6) is 0 Å². The lowest BCUT2D eigenvalue weighted by atomic mass is 10.0. The third kappa shape index (κ3) is 3.02. The van der Waals surface area contributed by atoms with Crippen molar-refractivity contribution in [2.75, 3.05) is 24.6 Å². The van der Waals surface area contributed by atoms with Crippen LogP contribution in [0.15, 0.2) is 24.3 Å². The van der Waals surface area contributed by atoms with E-state index in [1.807, 2.05) is 12.1 Å². The Kier molecular flexibility index (Phi) is 3.90. The molecule has 2 rings (SSSR count). The predicted octanol–water partition coefficient (Wildman–Crippen LogP) is 1.12. The van der Waals surface area contributed by atoms with Crippen LogP contribution in [0.3, 0.4) is 0 Å². The summed E-state index contributed by atoms with van der Waals surface area (Å²) in [5, 5.41) is 9.30. The second-order valence-corrected chi connectivity index (χ2v) is 5.43. The topological polar surface area (TPSA) is 58.7 Å². The number of nitrogens with two attached hydrogens (primary N) is 1. The minimum Gasteiger partial charge on any atom is -0.394 e. The Morgan fingerprint density at radius 2 is 2.06 bits per heavy atom. The number of rotatable bonds is 3. The largest absolute Gasteiger partial charge is 0.394 e. The molecule has 1 saturated heterocycles. The van der Waals surface area contributed by atoms with Gasteiger partial charge in [0.25, 0.3) is 0 Å². The van der Waals surface area contributed by atoms with Crippen molar-refractivity contribution in [3.05, 3.63) is 29.8 Å². The first kappa shape index (κ1) is 13.3. The van der Waals surface area contributed by atoms with Gasteiger partial charge in [0.2, 0.25) is 0 Å². The van der Waals surface area contributed by atoms with Gasteiger partial charge in [-0.25, -0.2) is 0 Å². The van der Waals surface area contributed by atoms with Gasteiger partial charge >= 0.3 is 0 Å². The average molecular weight is 250 g/mol. The van der Waals surface area contributed by atoms with E-state index < -0.39 is 0 Å². The monoisotopic (exact) mass is 250 g/mol. The minimum absolute atomic E-state index is 0.0564. The lowest BCUT2D eigenvalue weighted by molar-refractivity contribution is -0.101. The summed E-state index contributed by atoms with van der Waals surface area (Å²) in [4.78, 5) is 2.25. The van der Waals surface area contributed by atoms with Crippen molar-refractivity contribution < 1.29 is 9.84 Å². The van der Waals surface area contributed by atoms with E-state index in [1.54, 1.807) is 0 Å². The van der Waals surface area contributed by atoms with Crippen molar-refractivity contribution in [1.82, 2.24) is 0 Å². The molecule has 4 nitrogen and oxygen atoms in total. The fourth-order valence-corrected chi connectivity index (χ4v) is 2.43. The molecule has 1 fully saturated rings. The molecule has 1 aliphatic heterocycles. The normalized spacial score (nSPS) is 23.1. The SMILES string of the molecule is CC1(C)CN(c2ccc(CN)cc2)CC(CO)O1. The minimum atomic E-state index is -0.238. The molecule has 1 aromatic rings. The van der Waals surface area contributed by atoms with Crippen molar-refractivity contribution in [2.45, 2.75) is 32.1 Å². The third-order valence-electron chi connectivity index (χ3n) is 3.22. The first-order valence-corrected chi connectivity index (χ1v) is 6.37. The van der Waals surface area contributed by atoms with Crippen molar-refractivity contribution in [3.63, 3.8) is 0 Å². The summed E-state index contributed by atoms with van der Waals surface area (Å²) >= 11 is 0. The van der Waals surface area contributed by atoms with Gasteiger partial charge in [-0.05, 0) is 31.5 Å². The molecule has 1 atom stereocenters. The van der Waals surface area contributed by atoms with Crippen LogP contribution in [0.4, 0.5) is 5.69 Å². The molecule has 0 aromatic heterocycles. The van der Waals surface area contributed by atoms with Crippen LogP contribution in [0.2, 0.25) is 0 Å². The first-order valence-electron chi connectivity index (χ1n) is 6.37. The molecule has 1 aliphatic rings. The summed E-state index contributed by atoms with van der Waals surface area (Å²) in [6.07, 6.45) is -0.122. The second kappa shape index (κ2) is 5.26. The van der Waals surface area contributed by atoms with E-state index >= 15 is 0 Å². The zero-order valence-electron chi connectivity index (χ0n) is 11.1. The standard InChI is InChI=1S/C14H22N2O2/c1-14(2)10-16(8-13(9-17)18-14)12-5-3-11(7-15)4-6-12/h3-6,13,17H,7-10,15H2,1-2H3. The zero-order valence-corrected chi connectivity index (χ0v) is 11.1. The number of nitrogens with zero attached hydrogens (tertiary/aromatic N) is 1. The maximum Gasteiger partial charge on any atom is 0.0988 e. The van der Waals surface area contributed by atoms with E-state index in [0.29, 0.717) is 6.54 Å². The maximum atomic E-state index is 9.30. The van der Waals surface area contributed by atoms with Crippen LogP contribution < -0.4 is 10.6 Å². The smallest absolute Gasteiger partial charge is 0.0988 e.